The number of hydrogen-bond donors (Lipinski definition) is 2. The zero-order valence-electron chi connectivity index (χ0n) is 20.8. The summed E-state index contributed by atoms with van der Waals surface area (Å²) in [4.78, 5) is 47.7. The summed E-state index contributed by atoms with van der Waals surface area (Å²) in [5, 5.41) is 12.0. The van der Waals surface area contributed by atoms with Gasteiger partial charge in [-0.2, -0.15) is 19.9 Å². The Labute approximate surface area is 216 Å². The van der Waals surface area contributed by atoms with Crippen molar-refractivity contribution in [1.29, 1.82) is 0 Å². The lowest BCUT2D eigenvalue weighted by Crippen LogP contribution is -2.28. The largest absolute Gasteiger partial charge is 0.312 e. The number of nitrogens with one attached hydrogen (secondary N) is 2. The third kappa shape index (κ3) is 4.13. The molecule has 2 amide bonds. The average molecular weight is 509 g/mol. The first-order valence-corrected chi connectivity index (χ1v) is 12.2. The zero-order chi connectivity index (χ0) is 26.4. The number of para-hydroxylation sites is 1. The molecule has 2 aromatic carbocycles. The maximum Gasteiger partial charge on any atom is 0.263 e. The van der Waals surface area contributed by atoms with Crippen LogP contribution in [-0.2, 0) is 9.59 Å². The second-order valence-corrected chi connectivity index (χ2v) is 9.34. The van der Waals surface area contributed by atoms with E-state index in [1.54, 1.807) is 22.6 Å². The molecule has 0 bridgehead atoms. The molecule has 0 saturated carbocycles. The number of H-pyrrole nitrogens is 1. The zero-order valence-corrected chi connectivity index (χ0v) is 20.8. The van der Waals surface area contributed by atoms with Crippen LogP contribution in [0, 0.1) is 19.8 Å². The van der Waals surface area contributed by atoms with Gasteiger partial charge in [0.15, 0.2) is 5.65 Å². The van der Waals surface area contributed by atoms with Gasteiger partial charge >= 0.3 is 0 Å². The lowest BCUT2D eigenvalue weighted by Gasteiger charge is -2.16. The summed E-state index contributed by atoms with van der Waals surface area (Å²) in [6.45, 7) is 4.02. The van der Waals surface area contributed by atoms with Gasteiger partial charge in [0, 0.05) is 24.7 Å². The van der Waals surface area contributed by atoms with Crippen LogP contribution in [0.4, 0.5) is 11.5 Å². The van der Waals surface area contributed by atoms with E-state index < -0.39 is 5.92 Å². The Hall–Kier alpha value is -5.06. The number of fused-ring (bicyclic) bond motifs is 1. The summed E-state index contributed by atoms with van der Waals surface area (Å²) in [6, 6.07) is 18.7. The molecule has 1 aliphatic rings. The summed E-state index contributed by atoms with van der Waals surface area (Å²) in [5.74, 6) is -0.493. The van der Waals surface area contributed by atoms with Crippen molar-refractivity contribution >= 4 is 34.4 Å². The molecule has 3 aromatic heterocycles. The summed E-state index contributed by atoms with van der Waals surface area (Å²) >= 11 is 0. The van der Waals surface area contributed by atoms with Gasteiger partial charge in [-0.3, -0.25) is 19.4 Å². The van der Waals surface area contributed by atoms with Crippen LogP contribution in [0.25, 0.3) is 22.7 Å². The third-order valence-electron chi connectivity index (χ3n) is 6.52. The Morgan fingerprint density at radius 1 is 1.00 bits per heavy atom. The van der Waals surface area contributed by atoms with Gasteiger partial charge in [-0.1, -0.05) is 30.3 Å². The van der Waals surface area contributed by atoms with E-state index in [-0.39, 0.29) is 36.3 Å². The van der Waals surface area contributed by atoms with Crippen molar-refractivity contribution in [3.63, 3.8) is 0 Å². The lowest BCUT2D eigenvalue weighted by atomic mass is 10.1. The van der Waals surface area contributed by atoms with E-state index in [9.17, 15) is 14.4 Å². The Morgan fingerprint density at radius 2 is 1.79 bits per heavy atom. The summed E-state index contributed by atoms with van der Waals surface area (Å²) in [7, 11) is 0. The Balaban J connectivity index is 1.32. The van der Waals surface area contributed by atoms with Crippen LogP contribution in [0.1, 0.15) is 17.7 Å². The molecule has 11 heteroatoms. The summed E-state index contributed by atoms with van der Waals surface area (Å²) in [5.41, 5.74) is 3.16. The predicted octanol–water partition coefficient (Wildman–Crippen LogP) is 2.90. The van der Waals surface area contributed by atoms with Crippen molar-refractivity contribution < 1.29 is 9.59 Å². The first-order chi connectivity index (χ1) is 18.4. The second-order valence-electron chi connectivity index (χ2n) is 9.34. The second kappa shape index (κ2) is 9.11. The van der Waals surface area contributed by atoms with Crippen molar-refractivity contribution in [3.8, 4) is 11.6 Å². The minimum absolute atomic E-state index is 0.102. The Morgan fingerprint density at radius 3 is 2.58 bits per heavy atom. The fraction of sp³-hybridized carbons (Fsp3) is 0.185. The molecule has 0 spiro atoms. The molecule has 1 fully saturated rings. The van der Waals surface area contributed by atoms with E-state index in [2.05, 4.69) is 25.5 Å². The van der Waals surface area contributed by atoms with Gasteiger partial charge < -0.3 is 10.2 Å². The molecule has 38 heavy (non-hydrogen) atoms. The fourth-order valence-electron chi connectivity index (χ4n) is 4.67. The molecule has 190 valence electrons. The van der Waals surface area contributed by atoms with Gasteiger partial charge in [0.05, 0.1) is 23.5 Å². The van der Waals surface area contributed by atoms with E-state index in [0.717, 1.165) is 16.9 Å². The van der Waals surface area contributed by atoms with E-state index in [0.29, 0.717) is 22.5 Å². The van der Waals surface area contributed by atoms with Gasteiger partial charge in [0.1, 0.15) is 11.2 Å². The van der Waals surface area contributed by atoms with E-state index in [1.807, 2.05) is 61.5 Å². The molecule has 1 unspecified atom stereocenters. The minimum Gasteiger partial charge on any atom is -0.312 e. The number of nitrogens with zero attached hydrogens (tertiary/aromatic N) is 6. The average Bonchev–Trinajstić information content (AvgIpc) is 3.61. The highest BCUT2D eigenvalue weighted by Gasteiger charge is 2.35. The molecule has 0 aliphatic carbocycles. The van der Waals surface area contributed by atoms with Crippen molar-refractivity contribution in [2.24, 2.45) is 5.92 Å². The van der Waals surface area contributed by atoms with Gasteiger partial charge in [0.2, 0.25) is 17.8 Å². The molecular weight excluding hydrogens is 484 g/mol. The highest BCUT2D eigenvalue weighted by Crippen LogP contribution is 2.26. The van der Waals surface area contributed by atoms with Gasteiger partial charge in [-0.15, -0.1) is 0 Å². The molecule has 1 saturated heterocycles. The minimum atomic E-state index is -0.538. The first-order valence-electron chi connectivity index (χ1n) is 12.2. The maximum atomic E-state index is 13.2. The van der Waals surface area contributed by atoms with Crippen molar-refractivity contribution in [1.82, 2.24) is 29.5 Å². The standard InChI is InChI=1S/C27H24N8O3/c1-16-7-6-10-20(11-16)34-24-21(14-28-34)26(38)31-27(30-24)35-22(12-17(2)32-35)29-25(37)18-13-23(36)33(15-18)19-8-4-3-5-9-19/h3-12,14,18H,13,15H2,1-2H3,(H,29,37)(H,30,31,38). The number of anilines is 2. The lowest BCUT2D eigenvalue weighted by molar-refractivity contribution is -0.122. The van der Waals surface area contributed by atoms with E-state index >= 15 is 0 Å². The third-order valence-corrected chi connectivity index (χ3v) is 6.52. The van der Waals surface area contributed by atoms with Crippen LogP contribution in [0.15, 0.2) is 71.7 Å². The summed E-state index contributed by atoms with van der Waals surface area (Å²) in [6.07, 6.45) is 1.57. The number of aromatic nitrogens is 6. The summed E-state index contributed by atoms with van der Waals surface area (Å²) < 4.78 is 2.98. The molecule has 1 atom stereocenters. The highest BCUT2D eigenvalue weighted by molar-refractivity contribution is 6.03. The van der Waals surface area contributed by atoms with Gasteiger partial charge in [0.25, 0.3) is 5.56 Å². The number of amides is 2. The molecule has 5 aromatic rings. The number of rotatable bonds is 5. The molecular formula is C27H24N8O3. The van der Waals surface area contributed by atoms with E-state index in [1.165, 1.54) is 10.9 Å². The van der Waals surface area contributed by atoms with Gasteiger partial charge in [-0.05, 0) is 43.7 Å². The SMILES string of the molecule is Cc1cccc(-n2ncc3c(=O)[nH]c(-n4nc(C)cc4NC(=O)C4CC(=O)N(c5ccccc5)C4)nc32)c1. The van der Waals surface area contributed by atoms with Crippen LogP contribution in [0.3, 0.4) is 0 Å². The Bertz CT molecular complexity index is 1750. The van der Waals surface area contributed by atoms with Crippen molar-refractivity contribution in [2.45, 2.75) is 20.3 Å². The quantitative estimate of drug-likeness (QED) is 0.375. The molecule has 6 rings (SSSR count). The van der Waals surface area contributed by atoms with Crippen LogP contribution in [-0.4, -0.2) is 47.9 Å². The van der Waals surface area contributed by atoms with Crippen molar-refractivity contribution in [3.05, 3.63) is 88.5 Å². The first kappa shape index (κ1) is 23.3. The molecule has 4 heterocycles. The topological polar surface area (TPSA) is 131 Å². The normalized spacial score (nSPS) is 15.4. The molecule has 11 nitrogen and oxygen atoms in total. The number of hydrogen-bond acceptors (Lipinski definition) is 6. The number of carbonyl (C=O) groups excluding carboxylic acids is 2. The molecule has 1 aliphatic heterocycles. The van der Waals surface area contributed by atoms with Crippen LogP contribution >= 0.6 is 0 Å². The fourth-order valence-corrected chi connectivity index (χ4v) is 4.67. The monoisotopic (exact) mass is 508 g/mol. The number of carbonyl (C=O) groups is 2. The Kier molecular flexibility index (Phi) is 5.60. The predicted molar refractivity (Wildman–Crippen MR) is 142 cm³/mol. The van der Waals surface area contributed by atoms with E-state index in [4.69, 9.17) is 0 Å². The number of benzene rings is 2. The maximum absolute atomic E-state index is 13.2. The van der Waals surface area contributed by atoms with Crippen LogP contribution in [0.2, 0.25) is 0 Å². The van der Waals surface area contributed by atoms with Crippen molar-refractivity contribution in [2.75, 3.05) is 16.8 Å². The van der Waals surface area contributed by atoms with Crippen LogP contribution in [0.5, 0.6) is 0 Å². The van der Waals surface area contributed by atoms with Gasteiger partial charge in [-0.25, -0.2) is 4.68 Å². The molecule has 0 radical (unpaired) electrons. The molecule has 2 N–H and O–H groups in total. The number of aromatic amines is 1. The highest BCUT2D eigenvalue weighted by atomic mass is 16.2. The smallest absolute Gasteiger partial charge is 0.263 e. The van der Waals surface area contributed by atoms with Crippen LogP contribution < -0.4 is 15.8 Å². The number of aryl methyl sites for hydroxylation is 2.